The van der Waals surface area contributed by atoms with Gasteiger partial charge in [0.2, 0.25) is 0 Å². The summed E-state index contributed by atoms with van der Waals surface area (Å²) in [7, 11) is 0. The monoisotopic (exact) mass is 180 g/mol. The van der Waals surface area contributed by atoms with Crippen LogP contribution in [0.4, 0.5) is 0 Å². The Kier molecular flexibility index (Phi) is 3.03. The molecule has 1 atom stereocenters. The van der Waals surface area contributed by atoms with Crippen molar-refractivity contribution < 1.29 is 5.11 Å². The molecular formula is C10H16N2O. The molecule has 0 saturated carbocycles. The molecule has 1 aromatic carbocycles. The number of benzene rings is 1. The van der Waals surface area contributed by atoms with Crippen molar-refractivity contribution in [1.29, 1.82) is 0 Å². The summed E-state index contributed by atoms with van der Waals surface area (Å²) < 4.78 is 0. The Morgan fingerprint density at radius 3 is 2.23 bits per heavy atom. The summed E-state index contributed by atoms with van der Waals surface area (Å²) in [6, 6.07) is 9.40. The van der Waals surface area contributed by atoms with Crippen LogP contribution in [0.1, 0.15) is 25.5 Å². The van der Waals surface area contributed by atoms with Gasteiger partial charge in [0.1, 0.15) is 0 Å². The standard InChI is InChI=1S/C10H16N2O/c1-10(2,13)9(12-11)8-6-4-3-5-7-8/h3-7,9,12-13H,11H2,1-2H3/t9-/m0/s1. The summed E-state index contributed by atoms with van der Waals surface area (Å²) in [5.41, 5.74) is 2.73. The van der Waals surface area contributed by atoms with Crippen molar-refractivity contribution in [3.05, 3.63) is 35.9 Å². The zero-order valence-electron chi connectivity index (χ0n) is 7.99. The fourth-order valence-corrected chi connectivity index (χ4v) is 1.35. The molecule has 3 nitrogen and oxygen atoms in total. The van der Waals surface area contributed by atoms with Crippen molar-refractivity contribution in [3.8, 4) is 0 Å². The number of nitrogens with one attached hydrogen (secondary N) is 1. The van der Waals surface area contributed by atoms with Gasteiger partial charge >= 0.3 is 0 Å². The molecule has 72 valence electrons. The van der Waals surface area contributed by atoms with Crippen molar-refractivity contribution in [1.82, 2.24) is 5.43 Å². The Morgan fingerprint density at radius 2 is 1.85 bits per heavy atom. The van der Waals surface area contributed by atoms with E-state index in [4.69, 9.17) is 5.84 Å². The Balaban J connectivity index is 2.92. The van der Waals surface area contributed by atoms with Crippen molar-refractivity contribution in [2.45, 2.75) is 25.5 Å². The van der Waals surface area contributed by atoms with Crippen LogP contribution in [-0.2, 0) is 0 Å². The second-order valence-electron chi connectivity index (χ2n) is 3.66. The lowest BCUT2D eigenvalue weighted by molar-refractivity contribution is 0.0371. The van der Waals surface area contributed by atoms with Crippen molar-refractivity contribution in [3.63, 3.8) is 0 Å². The molecule has 0 aliphatic carbocycles. The van der Waals surface area contributed by atoms with Crippen LogP contribution in [0.15, 0.2) is 30.3 Å². The van der Waals surface area contributed by atoms with Gasteiger partial charge in [0, 0.05) is 0 Å². The summed E-state index contributed by atoms with van der Waals surface area (Å²) in [4.78, 5) is 0. The number of hydrogen-bond donors (Lipinski definition) is 3. The van der Waals surface area contributed by atoms with E-state index in [-0.39, 0.29) is 6.04 Å². The number of aliphatic hydroxyl groups is 1. The maximum atomic E-state index is 9.79. The maximum absolute atomic E-state index is 9.79. The molecule has 0 aromatic heterocycles. The number of nitrogens with two attached hydrogens (primary N) is 1. The topological polar surface area (TPSA) is 58.3 Å². The number of hydrazine groups is 1. The smallest absolute Gasteiger partial charge is 0.0798 e. The van der Waals surface area contributed by atoms with Crippen LogP contribution >= 0.6 is 0 Å². The van der Waals surface area contributed by atoms with E-state index < -0.39 is 5.60 Å². The second kappa shape index (κ2) is 3.87. The SMILES string of the molecule is CC(C)(O)[C@@H](NN)c1ccccc1. The second-order valence-corrected chi connectivity index (χ2v) is 3.66. The van der Waals surface area contributed by atoms with E-state index in [1.165, 1.54) is 0 Å². The van der Waals surface area contributed by atoms with E-state index in [0.29, 0.717) is 0 Å². The van der Waals surface area contributed by atoms with Gasteiger partial charge in [-0.25, -0.2) is 0 Å². The lowest BCUT2D eigenvalue weighted by Gasteiger charge is -2.28. The van der Waals surface area contributed by atoms with Crippen LogP contribution in [0.5, 0.6) is 0 Å². The minimum atomic E-state index is -0.865. The summed E-state index contributed by atoms with van der Waals surface area (Å²) >= 11 is 0. The molecule has 3 heteroatoms. The molecule has 0 aliphatic rings. The predicted molar refractivity (Wildman–Crippen MR) is 52.8 cm³/mol. The first-order chi connectivity index (χ1) is 6.05. The van der Waals surface area contributed by atoms with Gasteiger partial charge in [-0.1, -0.05) is 30.3 Å². The third kappa shape index (κ3) is 2.52. The van der Waals surface area contributed by atoms with Gasteiger partial charge in [0.25, 0.3) is 0 Å². The van der Waals surface area contributed by atoms with Crippen LogP contribution in [0, 0.1) is 0 Å². The average Bonchev–Trinajstić information content (AvgIpc) is 2.05. The van der Waals surface area contributed by atoms with Gasteiger partial charge in [0.05, 0.1) is 11.6 Å². The van der Waals surface area contributed by atoms with Crippen LogP contribution in [0.2, 0.25) is 0 Å². The minimum absolute atomic E-state index is 0.242. The Hall–Kier alpha value is -0.900. The lowest BCUT2D eigenvalue weighted by atomic mass is 9.93. The fourth-order valence-electron chi connectivity index (χ4n) is 1.35. The van der Waals surface area contributed by atoms with Crippen molar-refractivity contribution >= 4 is 0 Å². The maximum Gasteiger partial charge on any atom is 0.0798 e. The van der Waals surface area contributed by atoms with Gasteiger partial charge in [-0.05, 0) is 19.4 Å². The van der Waals surface area contributed by atoms with E-state index in [2.05, 4.69) is 5.43 Å². The molecule has 0 aliphatic heterocycles. The van der Waals surface area contributed by atoms with E-state index >= 15 is 0 Å². The van der Waals surface area contributed by atoms with Crippen LogP contribution in [0.25, 0.3) is 0 Å². The third-order valence-electron chi connectivity index (χ3n) is 2.01. The molecular weight excluding hydrogens is 164 g/mol. The van der Waals surface area contributed by atoms with Crippen molar-refractivity contribution in [2.75, 3.05) is 0 Å². The van der Waals surface area contributed by atoms with Crippen LogP contribution < -0.4 is 11.3 Å². The lowest BCUT2D eigenvalue weighted by Crippen LogP contribution is -2.42. The van der Waals surface area contributed by atoms with E-state index in [9.17, 15) is 5.11 Å². The molecule has 1 aromatic rings. The fraction of sp³-hybridized carbons (Fsp3) is 0.400. The molecule has 0 heterocycles. The Labute approximate surface area is 78.5 Å². The van der Waals surface area contributed by atoms with Gasteiger partial charge < -0.3 is 5.11 Å². The molecule has 13 heavy (non-hydrogen) atoms. The first-order valence-electron chi connectivity index (χ1n) is 4.29. The highest BCUT2D eigenvalue weighted by Gasteiger charge is 2.26. The first-order valence-corrected chi connectivity index (χ1v) is 4.29. The van der Waals surface area contributed by atoms with Crippen LogP contribution in [-0.4, -0.2) is 10.7 Å². The zero-order valence-corrected chi connectivity index (χ0v) is 7.99. The third-order valence-corrected chi connectivity index (χ3v) is 2.01. The van der Waals surface area contributed by atoms with Gasteiger partial charge in [0.15, 0.2) is 0 Å². The molecule has 0 radical (unpaired) electrons. The Morgan fingerprint density at radius 1 is 1.31 bits per heavy atom. The number of hydrogen-bond acceptors (Lipinski definition) is 3. The molecule has 1 rings (SSSR count). The first kappa shape index (κ1) is 10.2. The highest BCUT2D eigenvalue weighted by molar-refractivity contribution is 5.21. The van der Waals surface area contributed by atoms with E-state index in [1.807, 2.05) is 30.3 Å². The largest absolute Gasteiger partial charge is 0.388 e. The number of rotatable bonds is 3. The van der Waals surface area contributed by atoms with E-state index in [1.54, 1.807) is 13.8 Å². The Bertz CT molecular complexity index is 253. The molecule has 0 saturated heterocycles. The normalized spacial score (nSPS) is 14.2. The molecule has 0 unspecified atom stereocenters. The van der Waals surface area contributed by atoms with Gasteiger partial charge in [-0.3, -0.25) is 11.3 Å². The molecule has 0 fully saturated rings. The van der Waals surface area contributed by atoms with Crippen molar-refractivity contribution in [2.24, 2.45) is 5.84 Å². The summed E-state index contributed by atoms with van der Waals surface area (Å²) in [6.45, 7) is 3.45. The summed E-state index contributed by atoms with van der Waals surface area (Å²) in [5.74, 6) is 5.38. The molecule has 0 bridgehead atoms. The highest BCUT2D eigenvalue weighted by Crippen LogP contribution is 2.23. The molecule has 0 amide bonds. The summed E-state index contributed by atoms with van der Waals surface area (Å²) in [5, 5.41) is 9.79. The van der Waals surface area contributed by atoms with Crippen LogP contribution in [0.3, 0.4) is 0 Å². The zero-order chi connectivity index (χ0) is 9.90. The predicted octanol–water partition coefficient (Wildman–Crippen LogP) is 0.962. The molecule has 0 spiro atoms. The van der Waals surface area contributed by atoms with Gasteiger partial charge in [-0.2, -0.15) is 0 Å². The van der Waals surface area contributed by atoms with Gasteiger partial charge in [-0.15, -0.1) is 0 Å². The quantitative estimate of drug-likeness (QED) is 0.479. The molecule has 4 N–H and O–H groups in total. The minimum Gasteiger partial charge on any atom is -0.388 e. The van der Waals surface area contributed by atoms with E-state index in [0.717, 1.165) is 5.56 Å². The summed E-state index contributed by atoms with van der Waals surface area (Å²) in [6.07, 6.45) is 0. The average molecular weight is 180 g/mol. The highest BCUT2D eigenvalue weighted by atomic mass is 16.3.